The van der Waals surface area contributed by atoms with Crippen LogP contribution in [0.5, 0.6) is 0 Å². The molecule has 0 saturated carbocycles. The molecule has 0 atom stereocenters. The molecule has 392 valence electrons. The molecule has 0 rings (SSSR count). The van der Waals surface area contributed by atoms with Gasteiger partial charge in [0.2, 0.25) is 5.91 Å². The number of hydrogen-bond acceptors (Lipinski definition) is 8. The van der Waals surface area contributed by atoms with Crippen LogP contribution >= 0.6 is 0 Å². The van der Waals surface area contributed by atoms with Gasteiger partial charge in [0.25, 0.3) is 0 Å². The van der Waals surface area contributed by atoms with Gasteiger partial charge >= 0.3 is 23.6 Å². The molecular formula is C48H109NO9Si8. The van der Waals surface area contributed by atoms with Crippen molar-refractivity contribution in [3.8, 4) is 0 Å². The molecule has 0 fully saturated rings. The Labute approximate surface area is 417 Å². The van der Waals surface area contributed by atoms with Crippen LogP contribution in [-0.4, -0.2) is 84.5 Å². The van der Waals surface area contributed by atoms with Gasteiger partial charge in [0, 0.05) is 23.2 Å². The van der Waals surface area contributed by atoms with Crippen molar-refractivity contribution in [3.05, 3.63) is 24.3 Å². The van der Waals surface area contributed by atoms with E-state index in [0.717, 1.165) is 121 Å². The molecule has 0 aliphatic carbocycles. The first-order chi connectivity index (χ1) is 31.0. The lowest BCUT2D eigenvalue weighted by Gasteiger charge is -2.48. The predicted octanol–water partition coefficient (Wildman–Crippen LogP) is 16.2. The lowest BCUT2D eigenvalue weighted by molar-refractivity contribution is -0.132. The van der Waals surface area contributed by atoms with E-state index in [-0.39, 0.29) is 5.57 Å². The van der Waals surface area contributed by atoms with E-state index in [1.54, 1.807) is 0 Å². The molecule has 0 aliphatic heterocycles. The lowest BCUT2D eigenvalue weighted by Crippen LogP contribution is -2.64. The minimum atomic E-state index is -3.04. The van der Waals surface area contributed by atoms with Crippen LogP contribution in [0.4, 0.5) is 0 Å². The zero-order chi connectivity index (χ0) is 51.5. The molecule has 0 aromatic rings. The zero-order valence-electron chi connectivity index (χ0n) is 46.7. The number of carbonyl (C=O) groups is 2. The highest BCUT2D eigenvalue weighted by atomic mass is 28.5. The van der Waals surface area contributed by atoms with E-state index in [0.29, 0.717) is 30.9 Å². The summed E-state index contributed by atoms with van der Waals surface area (Å²) in [6, 6.07) is 20.7. The Balaban J connectivity index is 0. The molecule has 0 saturated heterocycles. The number of primary amides is 1. The van der Waals surface area contributed by atoms with Crippen LogP contribution in [0.25, 0.3) is 0 Å². The van der Waals surface area contributed by atoms with E-state index in [1.165, 1.54) is 0 Å². The summed E-state index contributed by atoms with van der Waals surface area (Å²) < 4.78 is 44.3. The van der Waals surface area contributed by atoms with Crippen LogP contribution in [0.1, 0.15) is 150 Å². The van der Waals surface area contributed by atoms with Gasteiger partial charge in [-0.3, -0.25) is 4.79 Å². The average Bonchev–Trinajstić information content (AvgIpc) is 3.34. The van der Waals surface area contributed by atoms with Crippen molar-refractivity contribution in [1.82, 2.24) is 0 Å². The van der Waals surface area contributed by atoms with Crippen molar-refractivity contribution in [2.75, 3.05) is 0 Å². The average molecular weight is 1070 g/mol. The fourth-order valence-corrected chi connectivity index (χ4v) is 51.6. The molecule has 0 aromatic carbocycles. The largest absolute Gasteiger partial charge is 0.478 e. The highest BCUT2D eigenvalue weighted by Gasteiger charge is 2.56. The van der Waals surface area contributed by atoms with Crippen LogP contribution in [0, 0.1) is 0 Å². The Morgan fingerprint density at radius 3 is 0.667 bits per heavy atom. The van der Waals surface area contributed by atoms with Gasteiger partial charge in [0.15, 0.2) is 49.9 Å². The smallest absolute Gasteiger partial charge is 0.469 e. The maximum atomic E-state index is 11.6. The number of carboxylic acid groups (broad SMARTS) is 1. The van der Waals surface area contributed by atoms with Crippen LogP contribution < -0.4 is 5.73 Å². The third-order valence-electron chi connectivity index (χ3n) is 16.4. The molecule has 0 unspecified atom stereocenters. The fourth-order valence-electron chi connectivity index (χ4n) is 9.48. The van der Waals surface area contributed by atoms with Gasteiger partial charge in [0.05, 0.1) is 0 Å². The maximum Gasteiger partial charge on any atom is 0.469 e. The second-order valence-electron chi connectivity index (χ2n) is 19.0. The number of amides is 1. The number of rotatable bonds is 40. The van der Waals surface area contributed by atoms with Crippen molar-refractivity contribution in [3.63, 3.8) is 0 Å². The highest BCUT2D eigenvalue weighted by molar-refractivity contribution is 6.93. The quantitative estimate of drug-likeness (QED) is 0.0454. The summed E-state index contributed by atoms with van der Waals surface area (Å²) in [5.41, 5.74) is 6.23. The minimum absolute atomic E-state index is 0.262. The van der Waals surface area contributed by atoms with Crippen molar-refractivity contribution < 1.29 is 39.4 Å². The Morgan fingerprint density at radius 2 is 0.530 bits per heavy atom. The number of carboxylic acids is 1. The van der Waals surface area contributed by atoms with Crippen molar-refractivity contribution in [2.45, 2.75) is 271 Å². The molecule has 0 aliphatic rings. The predicted molar refractivity (Wildman–Crippen MR) is 304 cm³/mol. The molecule has 0 radical (unpaired) electrons. The summed E-state index contributed by atoms with van der Waals surface area (Å²) in [6.45, 7) is 48.5. The van der Waals surface area contributed by atoms with Gasteiger partial charge in [-0.25, -0.2) is 4.79 Å². The Hall–Kier alpha value is -0.0849. The topological polar surface area (TPSA) is 136 Å². The first-order valence-electron chi connectivity index (χ1n) is 27.1. The second-order valence-corrected chi connectivity index (χ2v) is 54.6. The van der Waals surface area contributed by atoms with Gasteiger partial charge in [-0.05, 0) is 134 Å². The standard InChI is InChI=1S/C24H55NO4Si4.C24H54O5Si4/c2*1-11-30(12-2,13-3)27-33(22-20-21-23(10)24(25)26,28-31(14-4,15-5)16-6)29-32(17-7,18-8)19-9/h10-22H2,1-9H3,(H2,25,26);10-22H2,1-9H3,(H,25,26). The summed E-state index contributed by atoms with van der Waals surface area (Å²) in [6.07, 6.45) is 2.51. The van der Waals surface area contributed by atoms with E-state index in [2.05, 4.69) is 138 Å². The van der Waals surface area contributed by atoms with Crippen molar-refractivity contribution >= 4 is 79.4 Å². The van der Waals surface area contributed by atoms with Gasteiger partial charge in [0.1, 0.15) is 0 Å². The minimum Gasteiger partial charge on any atom is -0.478 e. The Bertz CT molecular complexity index is 1120. The van der Waals surface area contributed by atoms with Crippen LogP contribution in [0.2, 0.25) is 121 Å². The first-order valence-corrected chi connectivity index (χ1v) is 46.1. The fraction of sp³-hybridized carbons (Fsp3) is 0.875. The molecule has 0 heterocycles. The third kappa shape index (κ3) is 20.2. The normalized spacial score (nSPS) is 13.4. The molecule has 18 heteroatoms. The van der Waals surface area contributed by atoms with Gasteiger partial charge in [-0.2, -0.15) is 0 Å². The van der Waals surface area contributed by atoms with Gasteiger partial charge < -0.3 is 35.5 Å². The van der Waals surface area contributed by atoms with E-state index < -0.39 is 79.4 Å². The Morgan fingerprint density at radius 1 is 0.364 bits per heavy atom. The molecule has 1 amide bonds. The summed E-state index contributed by atoms with van der Waals surface area (Å²) in [7, 11) is -18.0. The number of hydrogen-bond donors (Lipinski definition) is 2. The first kappa shape index (κ1) is 68.0. The molecular weight excluding hydrogens is 959 g/mol. The molecule has 66 heavy (non-hydrogen) atoms. The van der Waals surface area contributed by atoms with E-state index in [9.17, 15) is 14.7 Å². The molecule has 3 N–H and O–H groups in total. The Kier molecular flexibility index (Phi) is 33.8. The molecule has 0 bridgehead atoms. The summed E-state index contributed by atoms with van der Waals surface area (Å²) in [4.78, 5) is 23.0. The monoisotopic (exact) mass is 1070 g/mol. The van der Waals surface area contributed by atoms with E-state index >= 15 is 0 Å². The van der Waals surface area contributed by atoms with E-state index in [1.807, 2.05) is 0 Å². The van der Waals surface area contributed by atoms with Crippen LogP contribution in [-0.2, 0) is 34.3 Å². The maximum absolute atomic E-state index is 11.6. The summed E-state index contributed by atoms with van der Waals surface area (Å²) in [5.74, 6) is -1.33. The van der Waals surface area contributed by atoms with Crippen LogP contribution in [0.3, 0.4) is 0 Å². The molecule has 0 spiro atoms. The van der Waals surface area contributed by atoms with Gasteiger partial charge in [-0.15, -0.1) is 0 Å². The second kappa shape index (κ2) is 32.8. The lowest BCUT2D eigenvalue weighted by atomic mass is 10.2. The molecule has 10 nitrogen and oxygen atoms in total. The highest BCUT2D eigenvalue weighted by Crippen LogP contribution is 2.41. The van der Waals surface area contributed by atoms with Crippen molar-refractivity contribution in [2.24, 2.45) is 5.73 Å². The summed E-state index contributed by atoms with van der Waals surface area (Å²) >= 11 is 0. The van der Waals surface area contributed by atoms with Crippen LogP contribution in [0.15, 0.2) is 24.3 Å². The SMILES string of the molecule is C=C(CCC[Si](O[Si](CC)(CC)CC)(O[Si](CC)(CC)CC)O[Si](CC)(CC)CC)C(=O)O.C=C(CCC[Si](O[Si](CC)(CC)CC)(O[Si](CC)(CC)CC)O[Si](CC)(CC)CC)C(N)=O. The molecule has 0 aromatic heterocycles. The van der Waals surface area contributed by atoms with E-state index in [4.69, 9.17) is 30.4 Å². The van der Waals surface area contributed by atoms with Gasteiger partial charge in [-0.1, -0.05) is 138 Å². The number of aliphatic carboxylic acids is 1. The number of carbonyl (C=O) groups excluding carboxylic acids is 1. The number of nitrogens with two attached hydrogens (primary N) is 1. The summed E-state index contributed by atoms with van der Waals surface area (Å²) in [5, 5.41) is 9.35. The third-order valence-corrected chi connectivity index (χ3v) is 59.4. The zero-order valence-corrected chi connectivity index (χ0v) is 54.7. The van der Waals surface area contributed by atoms with Crippen molar-refractivity contribution in [1.29, 1.82) is 0 Å².